The molecule has 8 N–H and O–H groups in total. The number of aliphatic carboxylic acids is 2. The lowest BCUT2D eigenvalue weighted by molar-refractivity contribution is -0.139. The largest absolute Gasteiger partial charge is 0.508 e. The van der Waals surface area contributed by atoms with Gasteiger partial charge in [-0.3, -0.25) is 23.6 Å². The van der Waals surface area contributed by atoms with Crippen molar-refractivity contribution in [3.8, 4) is 28.6 Å². The smallest absolute Gasteiger partial charge is 0.322 e. The maximum atomic E-state index is 13.2. The molecule has 5 aromatic rings. The van der Waals surface area contributed by atoms with E-state index < -0.39 is 47.6 Å². The van der Waals surface area contributed by atoms with Crippen molar-refractivity contribution in [2.75, 3.05) is 19.4 Å². The van der Waals surface area contributed by atoms with E-state index >= 15 is 0 Å². The van der Waals surface area contributed by atoms with E-state index in [4.69, 9.17) is 30.7 Å². The molecule has 5 rings (SSSR count). The SMILES string of the molecule is COc1ccc(C(SC[C@H](NC(=O)CC[C@H](N)C(=O)O)C(=O)NCC(=O)O)c2nc3c(Cc4ccccc4)nc(-c4ccc(O)cc4)cn3c2O)cc1. The van der Waals surface area contributed by atoms with Gasteiger partial charge in [-0.1, -0.05) is 42.5 Å². The van der Waals surface area contributed by atoms with Gasteiger partial charge in [0, 0.05) is 30.4 Å². The quantitative estimate of drug-likeness (QED) is 0.0726. The van der Waals surface area contributed by atoms with Gasteiger partial charge in [0.1, 0.15) is 35.8 Å². The molecule has 53 heavy (non-hydrogen) atoms. The summed E-state index contributed by atoms with van der Waals surface area (Å²) in [4.78, 5) is 58.3. The second kappa shape index (κ2) is 17.4. The van der Waals surface area contributed by atoms with Crippen LogP contribution >= 0.6 is 11.8 Å². The Morgan fingerprint density at radius 2 is 1.64 bits per heavy atom. The number of carboxylic acid groups (broad SMARTS) is 2. The number of carbonyl (C=O) groups is 4. The molecule has 3 atom stereocenters. The number of benzene rings is 3. The third-order valence-corrected chi connectivity index (χ3v) is 9.57. The number of methoxy groups -OCH3 is 1. The van der Waals surface area contributed by atoms with Crippen LogP contribution in [0.5, 0.6) is 17.4 Å². The van der Waals surface area contributed by atoms with Gasteiger partial charge in [0.2, 0.25) is 17.7 Å². The highest BCUT2D eigenvalue weighted by molar-refractivity contribution is 7.99. The van der Waals surface area contributed by atoms with Crippen molar-refractivity contribution < 1.29 is 44.3 Å². The van der Waals surface area contributed by atoms with Gasteiger partial charge < -0.3 is 41.5 Å². The van der Waals surface area contributed by atoms with E-state index in [1.807, 2.05) is 30.3 Å². The molecule has 1 unspecified atom stereocenters. The Bertz CT molecular complexity index is 2080. The molecule has 0 aliphatic heterocycles. The zero-order chi connectivity index (χ0) is 38.1. The van der Waals surface area contributed by atoms with Crippen molar-refractivity contribution in [2.45, 2.75) is 36.6 Å². The first kappa shape index (κ1) is 38.1. The van der Waals surface area contributed by atoms with Gasteiger partial charge >= 0.3 is 11.9 Å². The molecule has 0 fully saturated rings. The third kappa shape index (κ3) is 9.81. The minimum Gasteiger partial charge on any atom is -0.508 e. The number of phenolic OH excluding ortho intramolecular Hbond substituents is 1. The molecule has 0 aliphatic rings. The number of phenols is 1. The zero-order valence-corrected chi connectivity index (χ0v) is 29.3. The maximum absolute atomic E-state index is 13.2. The number of thioether (sulfide) groups is 1. The summed E-state index contributed by atoms with van der Waals surface area (Å²) in [6.45, 7) is -0.699. The van der Waals surface area contributed by atoms with E-state index in [0.717, 1.165) is 17.3 Å². The third-order valence-electron chi connectivity index (χ3n) is 8.22. The number of fused-ring (bicyclic) bond motifs is 1. The molecule has 0 radical (unpaired) electrons. The Kier molecular flexibility index (Phi) is 12.5. The number of rotatable bonds is 17. The number of amides is 2. The fourth-order valence-corrected chi connectivity index (χ4v) is 6.70. The van der Waals surface area contributed by atoms with Crippen molar-refractivity contribution in [3.63, 3.8) is 0 Å². The number of aromatic nitrogens is 3. The van der Waals surface area contributed by atoms with E-state index in [2.05, 4.69) is 10.6 Å². The monoisotopic (exact) mass is 742 g/mol. The number of nitrogens with zero attached hydrogens (tertiary/aromatic N) is 3. The van der Waals surface area contributed by atoms with Gasteiger partial charge in [-0.2, -0.15) is 0 Å². The molecule has 15 nitrogen and oxygen atoms in total. The molecule has 276 valence electrons. The van der Waals surface area contributed by atoms with Gasteiger partial charge in [0.15, 0.2) is 5.65 Å². The first-order valence-electron chi connectivity index (χ1n) is 16.4. The average Bonchev–Trinajstić information content (AvgIpc) is 3.48. The van der Waals surface area contributed by atoms with E-state index in [9.17, 15) is 29.4 Å². The van der Waals surface area contributed by atoms with Crippen molar-refractivity contribution in [3.05, 3.63) is 108 Å². The number of nitrogens with one attached hydrogen (secondary N) is 2. The Hall–Kier alpha value is -6.13. The number of nitrogens with two attached hydrogens (primary N) is 1. The average molecular weight is 743 g/mol. The fraction of sp³-hybridized carbons (Fsp3) is 0.243. The number of imidazole rings is 1. The van der Waals surface area contributed by atoms with Crippen LogP contribution in [0.4, 0.5) is 0 Å². The summed E-state index contributed by atoms with van der Waals surface area (Å²) in [5.41, 5.74) is 9.51. The Balaban J connectivity index is 1.56. The van der Waals surface area contributed by atoms with Crippen LogP contribution in [0.1, 0.15) is 40.6 Å². The number of carboxylic acids is 2. The molecule has 0 spiro atoms. The second-order valence-electron chi connectivity index (χ2n) is 12.0. The standard InChI is InChI=1S/C37H38N6O9S/c1-52-25-13-9-23(10-14-25)33(53-20-29(35(48)39-18-31(46)47)41-30(45)16-15-26(38)37(50)51)32-36(49)43-19-28(22-7-11-24(44)12-8-22)40-27(34(43)42-32)17-21-5-3-2-4-6-21/h2-14,19,26,29,33,44,49H,15-18,20,38H2,1H3,(H,39,48)(H,41,45)(H,46,47)(H,50,51)/t26-,29-,33?/m0/s1. The summed E-state index contributed by atoms with van der Waals surface area (Å²) in [5.74, 6) is -3.67. The summed E-state index contributed by atoms with van der Waals surface area (Å²) >= 11 is 1.16. The summed E-state index contributed by atoms with van der Waals surface area (Å²) in [6, 6.07) is 20.6. The molecule has 2 amide bonds. The van der Waals surface area contributed by atoms with E-state index in [1.54, 1.807) is 42.6 Å². The number of ether oxygens (including phenoxy) is 1. The predicted octanol–water partition coefficient (Wildman–Crippen LogP) is 3.11. The molecule has 0 aliphatic carbocycles. The minimum absolute atomic E-state index is 0.0847. The lowest BCUT2D eigenvalue weighted by Crippen LogP contribution is -2.49. The van der Waals surface area contributed by atoms with Gasteiger partial charge in [0.05, 0.1) is 23.7 Å². The van der Waals surface area contributed by atoms with Gasteiger partial charge in [-0.15, -0.1) is 11.8 Å². The van der Waals surface area contributed by atoms with Crippen molar-refractivity contribution >= 4 is 41.2 Å². The molecule has 0 bridgehead atoms. The summed E-state index contributed by atoms with van der Waals surface area (Å²) in [5, 5.41) is 44.1. The number of hydrogen-bond donors (Lipinski definition) is 7. The van der Waals surface area contributed by atoms with Crippen LogP contribution in [0.25, 0.3) is 16.9 Å². The highest BCUT2D eigenvalue weighted by atomic mass is 32.2. The zero-order valence-electron chi connectivity index (χ0n) is 28.5. The van der Waals surface area contributed by atoms with Crippen LogP contribution in [-0.2, 0) is 25.6 Å². The Labute approximate surface area is 307 Å². The highest BCUT2D eigenvalue weighted by Gasteiger charge is 2.30. The molecule has 3 aromatic carbocycles. The van der Waals surface area contributed by atoms with Gasteiger partial charge in [0.25, 0.3) is 0 Å². The predicted molar refractivity (Wildman–Crippen MR) is 196 cm³/mol. The van der Waals surface area contributed by atoms with E-state index in [1.165, 1.54) is 23.6 Å². The Morgan fingerprint density at radius 1 is 0.943 bits per heavy atom. The summed E-state index contributed by atoms with van der Waals surface area (Å²) in [6.07, 6.45) is 1.53. The summed E-state index contributed by atoms with van der Waals surface area (Å²) < 4.78 is 6.87. The van der Waals surface area contributed by atoms with Crippen LogP contribution < -0.4 is 21.1 Å². The molecule has 16 heteroatoms. The minimum atomic E-state index is -1.29. The normalized spacial score (nSPS) is 12.8. The van der Waals surface area contributed by atoms with Crippen molar-refractivity contribution in [2.24, 2.45) is 5.73 Å². The van der Waals surface area contributed by atoms with E-state index in [-0.39, 0.29) is 35.9 Å². The lowest BCUT2D eigenvalue weighted by Gasteiger charge is -2.22. The molecule has 0 saturated carbocycles. The van der Waals surface area contributed by atoms with Crippen molar-refractivity contribution in [1.82, 2.24) is 25.0 Å². The fourth-order valence-electron chi connectivity index (χ4n) is 5.42. The molecule has 2 aromatic heterocycles. The molecule has 0 saturated heterocycles. The van der Waals surface area contributed by atoms with Gasteiger partial charge in [-0.25, -0.2) is 9.97 Å². The highest BCUT2D eigenvalue weighted by Crippen LogP contribution is 2.41. The number of hydrogen-bond acceptors (Lipinski definition) is 11. The summed E-state index contributed by atoms with van der Waals surface area (Å²) in [7, 11) is 1.52. The van der Waals surface area contributed by atoms with Crippen LogP contribution in [0.2, 0.25) is 0 Å². The Morgan fingerprint density at radius 3 is 2.28 bits per heavy atom. The van der Waals surface area contributed by atoms with Crippen LogP contribution in [-0.4, -0.2) is 90.0 Å². The first-order valence-corrected chi connectivity index (χ1v) is 17.4. The van der Waals surface area contributed by atoms with Gasteiger partial charge in [-0.05, 0) is 53.9 Å². The maximum Gasteiger partial charge on any atom is 0.322 e. The van der Waals surface area contributed by atoms with Crippen LogP contribution in [0, 0.1) is 0 Å². The number of aromatic hydroxyl groups is 2. The van der Waals surface area contributed by atoms with E-state index in [0.29, 0.717) is 40.3 Å². The van der Waals surface area contributed by atoms with Crippen LogP contribution in [0.15, 0.2) is 85.1 Å². The number of carbonyl (C=O) groups excluding carboxylic acids is 2. The lowest BCUT2D eigenvalue weighted by atomic mass is 10.1. The topological polar surface area (TPSA) is 239 Å². The second-order valence-corrected chi connectivity index (χ2v) is 13.1. The molecular weight excluding hydrogens is 705 g/mol. The first-order chi connectivity index (χ1) is 25.4. The molecule has 2 heterocycles. The van der Waals surface area contributed by atoms with Crippen molar-refractivity contribution in [1.29, 1.82) is 0 Å². The molecular formula is C37H38N6O9S. The van der Waals surface area contributed by atoms with Crippen LogP contribution in [0.3, 0.4) is 0 Å².